The third-order valence-corrected chi connectivity index (χ3v) is 7.69. The number of H-pyrrole nitrogens is 1. The summed E-state index contributed by atoms with van der Waals surface area (Å²) < 4.78 is 27.0. The van der Waals surface area contributed by atoms with E-state index >= 15 is 0 Å². The number of aryl methyl sites for hydroxylation is 2. The van der Waals surface area contributed by atoms with Gasteiger partial charge in [-0.1, -0.05) is 6.42 Å². The Labute approximate surface area is 187 Å². The average Bonchev–Trinajstić information content (AvgIpc) is 3.27. The Morgan fingerprint density at radius 2 is 1.69 bits per heavy atom. The van der Waals surface area contributed by atoms with Gasteiger partial charge in [-0.05, 0) is 80.3 Å². The van der Waals surface area contributed by atoms with Crippen molar-refractivity contribution >= 4 is 21.6 Å². The summed E-state index contributed by atoms with van der Waals surface area (Å²) in [6.07, 6.45) is 2.80. The smallest absolute Gasteiger partial charge is 0.273 e. The summed E-state index contributed by atoms with van der Waals surface area (Å²) in [5.74, 6) is -0.323. The van der Waals surface area contributed by atoms with Crippen molar-refractivity contribution < 1.29 is 18.3 Å². The Balaban J connectivity index is 1.47. The third kappa shape index (κ3) is 4.39. The molecule has 9 heteroatoms. The largest absolute Gasteiger partial charge is 0.507 e. The number of carbonyl (C=O) groups excluding carboxylic acids is 1. The van der Waals surface area contributed by atoms with Crippen LogP contribution in [0.1, 0.15) is 40.9 Å². The van der Waals surface area contributed by atoms with Crippen LogP contribution in [-0.4, -0.2) is 47.0 Å². The van der Waals surface area contributed by atoms with Crippen LogP contribution in [0.15, 0.2) is 47.4 Å². The standard InChI is InChI=1S/C23H26N4O4S/c1-15-12-19(22(28)13-16(15)2)20-14-21(26-25-20)23(29)24-17-6-8-18(9-7-17)32(30,31)27-10-4-3-5-11-27/h6-9,12-14,28H,3-5,10-11H2,1-2H3,(H,24,29)(H,25,26). The molecule has 0 saturated carbocycles. The molecule has 3 aromatic rings. The number of benzene rings is 2. The summed E-state index contributed by atoms with van der Waals surface area (Å²) in [6.45, 7) is 4.93. The van der Waals surface area contributed by atoms with Gasteiger partial charge >= 0.3 is 0 Å². The van der Waals surface area contributed by atoms with Crippen molar-refractivity contribution in [2.45, 2.75) is 38.0 Å². The van der Waals surface area contributed by atoms with Crippen LogP contribution in [0.4, 0.5) is 5.69 Å². The maximum atomic E-state index is 12.8. The number of aromatic hydroxyl groups is 1. The molecule has 1 saturated heterocycles. The predicted molar refractivity (Wildman–Crippen MR) is 122 cm³/mol. The van der Waals surface area contributed by atoms with Crippen LogP contribution in [-0.2, 0) is 10.0 Å². The number of aromatic amines is 1. The van der Waals surface area contributed by atoms with Gasteiger partial charge in [-0.15, -0.1) is 0 Å². The molecule has 0 radical (unpaired) electrons. The van der Waals surface area contributed by atoms with E-state index in [2.05, 4.69) is 15.5 Å². The van der Waals surface area contributed by atoms with E-state index < -0.39 is 15.9 Å². The lowest BCUT2D eigenvalue weighted by molar-refractivity contribution is 0.102. The van der Waals surface area contributed by atoms with Crippen molar-refractivity contribution in [2.75, 3.05) is 18.4 Å². The van der Waals surface area contributed by atoms with Crippen molar-refractivity contribution in [3.8, 4) is 17.0 Å². The van der Waals surface area contributed by atoms with E-state index in [9.17, 15) is 18.3 Å². The van der Waals surface area contributed by atoms with Gasteiger partial charge in [0.25, 0.3) is 5.91 Å². The zero-order valence-corrected chi connectivity index (χ0v) is 18.9. The number of piperidine rings is 1. The minimum absolute atomic E-state index is 0.0945. The highest BCUT2D eigenvalue weighted by atomic mass is 32.2. The molecule has 1 amide bonds. The van der Waals surface area contributed by atoms with Crippen LogP contribution < -0.4 is 5.32 Å². The van der Waals surface area contributed by atoms with Gasteiger partial charge in [0.2, 0.25) is 10.0 Å². The SMILES string of the molecule is Cc1cc(O)c(-c2cc(C(=O)Nc3ccc(S(=O)(=O)N4CCCCC4)cc3)[nH]n2)cc1C. The lowest BCUT2D eigenvalue weighted by atomic mass is 10.0. The van der Waals surface area contributed by atoms with Crippen molar-refractivity contribution in [1.29, 1.82) is 0 Å². The predicted octanol–water partition coefficient (Wildman–Crippen LogP) is 3.83. The molecular formula is C23H26N4O4S. The Morgan fingerprint density at radius 3 is 2.38 bits per heavy atom. The molecule has 0 atom stereocenters. The zero-order valence-electron chi connectivity index (χ0n) is 18.1. The first-order valence-corrected chi connectivity index (χ1v) is 12.0. The van der Waals surface area contributed by atoms with Crippen LogP contribution in [0.2, 0.25) is 0 Å². The number of amides is 1. The molecule has 1 aliphatic rings. The number of rotatable bonds is 5. The van der Waals surface area contributed by atoms with Gasteiger partial charge in [0.05, 0.1) is 10.6 Å². The number of phenols is 1. The Morgan fingerprint density at radius 1 is 1.03 bits per heavy atom. The summed E-state index contributed by atoms with van der Waals surface area (Å²) in [6, 6.07) is 11.2. The number of anilines is 1. The fourth-order valence-electron chi connectivity index (χ4n) is 3.75. The van der Waals surface area contributed by atoms with Crippen molar-refractivity contribution in [3.63, 3.8) is 0 Å². The first-order valence-electron chi connectivity index (χ1n) is 10.5. The first-order chi connectivity index (χ1) is 15.3. The van der Waals surface area contributed by atoms with Gasteiger partial charge in [-0.25, -0.2) is 8.42 Å². The number of aromatic nitrogens is 2. The van der Waals surface area contributed by atoms with Crippen LogP contribution >= 0.6 is 0 Å². The maximum Gasteiger partial charge on any atom is 0.273 e. The van der Waals surface area contributed by atoms with E-state index in [-0.39, 0.29) is 16.3 Å². The van der Waals surface area contributed by atoms with Gasteiger partial charge in [-0.3, -0.25) is 9.89 Å². The van der Waals surface area contributed by atoms with E-state index in [0.29, 0.717) is 30.0 Å². The van der Waals surface area contributed by atoms with E-state index in [1.54, 1.807) is 24.3 Å². The average molecular weight is 455 g/mol. The minimum Gasteiger partial charge on any atom is -0.507 e. The molecule has 0 aliphatic carbocycles. The summed E-state index contributed by atoms with van der Waals surface area (Å²) in [5.41, 5.74) is 3.66. The fourth-order valence-corrected chi connectivity index (χ4v) is 5.26. The van der Waals surface area contributed by atoms with Crippen molar-refractivity contribution in [2.24, 2.45) is 0 Å². The topological polar surface area (TPSA) is 115 Å². The second kappa shape index (κ2) is 8.76. The molecule has 32 heavy (non-hydrogen) atoms. The molecule has 2 aromatic carbocycles. The van der Waals surface area contributed by atoms with Crippen LogP contribution in [0, 0.1) is 13.8 Å². The van der Waals surface area contributed by atoms with Gasteiger partial charge in [0, 0.05) is 24.3 Å². The first kappa shape index (κ1) is 22.0. The number of carbonyl (C=O) groups is 1. The molecule has 168 valence electrons. The molecular weight excluding hydrogens is 428 g/mol. The lowest BCUT2D eigenvalue weighted by Crippen LogP contribution is -2.35. The Kier molecular flexibility index (Phi) is 6.03. The van der Waals surface area contributed by atoms with Crippen LogP contribution in [0.5, 0.6) is 5.75 Å². The molecule has 1 fully saturated rings. The molecule has 1 aromatic heterocycles. The van der Waals surface area contributed by atoms with Gasteiger partial charge in [-0.2, -0.15) is 9.40 Å². The molecule has 0 unspecified atom stereocenters. The molecule has 3 N–H and O–H groups in total. The summed E-state index contributed by atoms with van der Waals surface area (Å²) in [5, 5.41) is 19.8. The van der Waals surface area contributed by atoms with E-state index in [1.807, 2.05) is 19.9 Å². The van der Waals surface area contributed by atoms with Gasteiger partial charge in [0.1, 0.15) is 11.4 Å². The highest BCUT2D eigenvalue weighted by Crippen LogP contribution is 2.31. The molecule has 2 heterocycles. The molecule has 0 bridgehead atoms. The normalized spacial score (nSPS) is 14.9. The van der Waals surface area contributed by atoms with Gasteiger partial charge < -0.3 is 10.4 Å². The minimum atomic E-state index is -3.52. The number of phenolic OH excluding ortho intramolecular Hbond substituents is 1. The van der Waals surface area contributed by atoms with Crippen molar-refractivity contribution in [1.82, 2.24) is 14.5 Å². The number of hydrogen-bond donors (Lipinski definition) is 3. The van der Waals surface area contributed by atoms with Gasteiger partial charge in [0.15, 0.2) is 0 Å². The third-order valence-electron chi connectivity index (χ3n) is 5.78. The van der Waals surface area contributed by atoms with Crippen LogP contribution in [0.25, 0.3) is 11.3 Å². The number of hydrogen-bond acceptors (Lipinski definition) is 5. The van der Waals surface area contributed by atoms with E-state index in [1.165, 1.54) is 16.4 Å². The molecule has 8 nitrogen and oxygen atoms in total. The molecule has 0 spiro atoms. The monoisotopic (exact) mass is 454 g/mol. The lowest BCUT2D eigenvalue weighted by Gasteiger charge is -2.25. The molecule has 1 aliphatic heterocycles. The highest BCUT2D eigenvalue weighted by molar-refractivity contribution is 7.89. The maximum absolute atomic E-state index is 12.8. The van der Waals surface area contributed by atoms with Crippen molar-refractivity contribution in [3.05, 3.63) is 59.3 Å². The highest BCUT2D eigenvalue weighted by Gasteiger charge is 2.25. The summed E-state index contributed by atoms with van der Waals surface area (Å²) >= 11 is 0. The van der Waals surface area contributed by atoms with E-state index in [0.717, 1.165) is 30.4 Å². The zero-order chi connectivity index (χ0) is 22.9. The summed E-state index contributed by atoms with van der Waals surface area (Å²) in [4.78, 5) is 12.8. The second-order valence-electron chi connectivity index (χ2n) is 8.06. The Bertz CT molecular complexity index is 1240. The second-order valence-corrected chi connectivity index (χ2v) is 10.0. The summed E-state index contributed by atoms with van der Waals surface area (Å²) in [7, 11) is -3.52. The molecule has 4 rings (SSSR count). The number of nitrogens with one attached hydrogen (secondary N) is 2. The quantitative estimate of drug-likeness (QED) is 0.542. The van der Waals surface area contributed by atoms with Crippen LogP contribution in [0.3, 0.4) is 0 Å². The number of sulfonamides is 1. The van der Waals surface area contributed by atoms with E-state index in [4.69, 9.17) is 0 Å². The fraction of sp³-hybridized carbons (Fsp3) is 0.304. The Hall–Kier alpha value is -3.17. The number of nitrogens with zero attached hydrogens (tertiary/aromatic N) is 2.